The first kappa shape index (κ1) is 28.8. The van der Waals surface area contributed by atoms with E-state index in [4.69, 9.17) is 0 Å². The van der Waals surface area contributed by atoms with Gasteiger partial charge in [0.15, 0.2) is 0 Å². The van der Waals surface area contributed by atoms with Gasteiger partial charge in [-0.25, -0.2) is 0 Å². The van der Waals surface area contributed by atoms with Gasteiger partial charge in [-0.15, -0.1) is 11.3 Å². The first-order chi connectivity index (χ1) is 24.2. The minimum atomic E-state index is 0.0613. The summed E-state index contributed by atoms with van der Waals surface area (Å²) in [6.07, 6.45) is 8.29. The predicted octanol–water partition coefficient (Wildman–Crippen LogP) is 13.2. The maximum atomic E-state index is 2.75. The van der Waals surface area contributed by atoms with Crippen molar-refractivity contribution in [2.75, 3.05) is 4.90 Å². The summed E-state index contributed by atoms with van der Waals surface area (Å²) < 4.78 is 2.73. The summed E-state index contributed by atoms with van der Waals surface area (Å²) in [6, 6.07) is 40.5. The number of benzene rings is 5. The smallest absolute Gasteiger partial charge is 0.0555 e. The molecular weight excluding hydrogens is 623 g/mol. The van der Waals surface area contributed by atoms with E-state index in [1.54, 1.807) is 11.1 Å². The van der Waals surface area contributed by atoms with Crippen LogP contribution in [0.4, 0.5) is 17.1 Å². The zero-order chi connectivity index (χ0) is 33.4. The average Bonchev–Trinajstić information content (AvgIpc) is 3.85. The third kappa shape index (κ3) is 3.12. The molecule has 0 amide bonds. The maximum Gasteiger partial charge on any atom is 0.0555 e. The standard InChI is InChI=1S/C48H45NS/c1-45(2)22-23-46(3,4)44-34(45)16-10-19-37(44)49(36-18-11-21-39-43(36)31-13-6-8-20-38(31)50-39)35-17-9-15-33-42(35)30-12-5-7-14-32(30)48(33)40-25-28-24-29-26-41(48)47(29,40)27-28/h5-21,28-29,40-41H,22-27H2,1-4H3. The van der Waals surface area contributed by atoms with Crippen molar-refractivity contribution in [3.05, 3.63) is 125 Å². The van der Waals surface area contributed by atoms with Gasteiger partial charge in [0.1, 0.15) is 0 Å². The molecule has 6 atom stereocenters. The van der Waals surface area contributed by atoms with Crippen LogP contribution < -0.4 is 4.90 Å². The minimum Gasteiger partial charge on any atom is -0.309 e. The monoisotopic (exact) mass is 667 g/mol. The summed E-state index contributed by atoms with van der Waals surface area (Å²) >= 11 is 1.93. The second-order valence-corrected chi connectivity index (χ2v) is 19.4. The number of anilines is 3. The van der Waals surface area contributed by atoms with E-state index >= 15 is 0 Å². The van der Waals surface area contributed by atoms with Crippen LogP contribution in [0.15, 0.2) is 103 Å². The molecule has 6 aromatic rings. The van der Waals surface area contributed by atoms with Crippen molar-refractivity contribution in [3.8, 4) is 11.1 Å². The van der Waals surface area contributed by atoms with Gasteiger partial charge in [0.2, 0.25) is 0 Å². The molecule has 0 saturated heterocycles. The molecule has 1 heterocycles. The van der Waals surface area contributed by atoms with Gasteiger partial charge in [0, 0.05) is 31.2 Å². The van der Waals surface area contributed by atoms with Gasteiger partial charge < -0.3 is 4.90 Å². The van der Waals surface area contributed by atoms with Gasteiger partial charge >= 0.3 is 0 Å². The molecular formula is C48H45NS. The molecule has 248 valence electrons. The molecule has 6 aliphatic rings. The second kappa shape index (κ2) is 9.12. The van der Waals surface area contributed by atoms with E-state index in [2.05, 4.69) is 136 Å². The number of hydrogen-bond acceptors (Lipinski definition) is 2. The zero-order valence-corrected chi connectivity index (χ0v) is 30.5. The fourth-order valence-electron chi connectivity index (χ4n) is 13.8. The van der Waals surface area contributed by atoms with Crippen molar-refractivity contribution in [1.82, 2.24) is 0 Å². The molecule has 2 spiro atoms. The Balaban J connectivity index is 1.19. The zero-order valence-electron chi connectivity index (χ0n) is 29.7. The molecule has 6 unspecified atom stereocenters. The summed E-state index contributed by atoms with van der Waals surface area (Å²) in [7, 11) is 0. The minimum absolute atomic E-state index is 0.0613. The highest BCUT2D eigenvalue weighted by Crippen LogP contribution is 2.89. The fraction of sp³-hybridized carbons (Fsp3) is 0.375. The average molecular weight is 668 g/mol. The maximum absolute atomic E-state index is 2.75. The van der Waals surface area contributed by atoms with Gasteiger partial charge in [0.05, 0.1) is 17.1 Å². The molecule has 0 N–H and O–H groups in total. The SMILES string of the molecule is CC1(C)CCC(C)(C)c2c(N(c3cccc4c3-c3ccccc3C43C4CC5CC6CC3C64C5)c3cccc4sc5ccccc5c34)cccc21. The highest BCUT2D eigenvalue weighted by atomic mass is 32.1. The predicted molar refractivity (Wildman–Crippen MR) is 210 cm³/mol. The Bertz CT molecular complexity index is 2460. The molecule has 2 bridgehead atoms. The Morgan fingerprint density at radius 1 is 0.600 bits per heavy atom. The van der Waals surface area contributed by atoms with Crippen LogP contribution in [0.3, 0.4) is 0 Å². The summed E-state index contributed by atoms with van der Waals surface area (Å²) in [5, 5.41) is 2.75. The number of hydrogen-bond donors (Lipinski definition) is 0. The molecule has 12 rings (SSSR count). The van der Waals surface area contributed by atoms with Crippen LogP contribution in [0.5, 0.6) is 0 Å². The van der Waals surface area contributed by atoms with Gasteiger partial charge in [-0.05, 0) is 137 Å². The van der Waals surface area contributed by atoms with Crippen LogP contribution in [0.2, 0.25) is 0 Å². The molecule has 4 saturated carbocycles. The van der Waals surface area contributed by atoms with E-state index in [1.165, 1.54) is 98.0 Å². The number of rotatable bonds is 3. The van der Waals surface area contributed by atoms with E-state index in [1.807, 2.05) is 11.3 Å². The molecule has 0 radical (unpaired) electrons. The Morgan fingerprint density at radius 2 is 1.28 bits per heavy atom. The molecule has 6 aliphatic carbocycles. The lowest BCUT2D eigenvalue weighted by atomic mass is 9.27. The quantitative estimate of drug-likeness (QED) is 0.182. The molecule has 0 aliphatic heterocycles. The van der Waals surface area contributed by atoms with Crippen molar-refractivity contribution in [3.63, 3.8) is 0 Å². The Morgan fingerprint density at radius 3 is 2.16 bits per heavy atom. The first-order valence-electron chi connectivity index (χ1n) is 19.3. The van der Waals surface area contributed by atoms with E-state index < -0.39 is 0 Å². The van der Waals surface area contributed by atoms with Crippen LogP contribution >= 0.6 is 11.3 Å². The summed E-state index contributed by atoms with van der Waals surface area (Å²) in [5.41, 5.74) is 14.4. The third-order valence-electron chi connectivity index (χ3n) is 15.6. The number of nitrogens with zero attached hydrogens (tertiary/aromatic N) is 1. The molecule has 5 aromatic carbocycles. The molecule has 50 heavy (non-hydrogen) atoms. The highest BCUT2D eigenvalue weighted by molar-refractivity contribution is 7.26. The van der Waals surface area contributed by atoms with Crippen molar-refractivity contribution in [1.29, 1.82) is 0 Å². The lowest BCUT2D eigenvalue weighted by Gasteiger charge is -2.76. The van der Waals surface area contributed by atoms with Crippen molar-refractivity contribution >= 4 is 48.6 Å². The van der Waals surface area contributed by atoms with Gasteiger partial charge in [-0.3, -0.25) is 0 Å². The van der Waals surface area contributed by atoms with Crippen LogP contribution in [0.1, 0.15) is 88.5 Å². The first-order valence-corrected chi connectivity index (χ1v) is 20.1. The van der Waals surface area contributed by atoms with Gasteiger partial charge in [-0.2, -0.15) is 0 Å². The van der Waals surface area contributed by atoms with Crippen molar-refractivity contribution in [2.24, 2.45) is 29.1 Å². The summed E-state index contributed by atoms with van der Waals surface area (Å²) in [4.78, 5) is 2.75. The Kier molecular flexibility index (Phi) is 5.25. The molecule has 4 fully saturated rings. The summed E-state index contributed by atoms with van der Waals surface area (Å²) in [6.45, 7) is 9.93. The highest BCUT2D eigenvalue weighted by Gasteiger charge is 2.84. The normalized spacial score (nSPS) is 31.2. The lowest BCUT2D eigenvalue weighted by molar-refractivity contribution is -0.231. The van der Waals surface area contributed by atoms with E-state index in [0.717, 1.165) is 23.7 Å². The Hall–Kier alpha value is -3.88. The lowest BCUT2D eigenvalue weighted by Crippen LogP contribution is -2.73. The number of fused-ring (bicyclic) bond motifs is 12. The largest absolute Gasteiger partial charge is 0.309 e. The van der Waals surface area contributed by atoms with Crippen LogP contribution in [0.25, 0.3) is 31.3 Å². The molecule has 1 aromatic heterocycles. The summed E-state index contributed by atoms with van der Waals surface area (Å²) in [5.74, 6) is 3.55. The van der Waals surface area contributed by atoms with Gasteiger partial charge in [0.25, 0.3) is 0 Å². The van der Waals surface area contributed by atoms with Crippen LogP contribution in [-0.4, -0.2) is 0 Å². The number of thiophene rings is 1. The van der Waals surface area contributed by atoms with E-state index in [-0.39, 0.29) is 16.2 Å². The molecule has 1 nitrogen and oxygen atoms in total. The topological polar surface area (TPSA) is 3.24 Å². The van der Waals surface area contributed by atoms with Crippen molar-refractivity contribution < 1.29 is 0 Å². The molecule has 2 heteroatoms. The van der Waals surface area contributed by atoms with Crippen LogP contribution in [0, 0.1) is 29.1 Å². The third-order valence-corrected chi connectivity index (χ3v) is 16.7. The van der Waals surface area contributed by atoms with Crippen LogP contribution in [-0.2, 0) is 16.2 Å². The second-order valence-electron chi connectivity index (χ2n) is 18.4. The Labute approximate surface area is 300 Å². The van der Waals surface area contributed by atoms with Crippen molar-refractivity contribution in [2.45, 2.75) is 82.5 Å². The fourth-order valence-corrected chi connectivity index (χ4v) is 14.9. The van der Waals surface area contributed by atoms with E-state index in [9.17, 15) is 0 Å². The van der Waals surface area contributed by atoms with Gasteiger partial charge in [-0.1, -0.05) is 100 Å². The van der Waals surface area contributed by atoms with E-state index in [0.29, 0.717) is 5.41 Å².